The highest BCUT2D eigenvalue weighted by Gasteiger charge is 2.41. The summed E-state index contributed by atoms with van der Waals surface area (Å²) in [4.78, 5) is 66.9. The van der Waals surface area contributed by atoms with Gasteiger partial charge in [-0.15, -0.1) is 63.1 Å². The normalized spacial score (nSPS) is 26.6. The SMILES string of the molecule is CCCCCCCC1CCC(C2CCC(C(=O)Oc3ccc(S)cc3)CC2)CC1.CCCCCCCC1CCC(C2CCC(C(=O)Oc3ccc(S)cc3)CC2)CC1.CCCCCCCC1CCC(C2CCC(C(=O)Oc3ccc(S)cc3)CC2)CC1.CCCCCCCC1CCC(C2CCC(C(=O)Oc3ccc(S)cc3)CC2)CC1.CCCCCCCC1CCC(C2CCC(C(=O)Oc3ccc(S)cc3)CC2)CC1.F.F.F.F.F. The maximum Gasteiger partial charge on any atom is 0.314 e. The van der Waals surface area contributed by atoms with Gasteiger partial charge in [0.1, 0.15) is 28.7 Å². The summed E-state index contributed by atoms with van der Waals surface area (Å²) in [5.41, 5.74) is 0. The van der Waals surface area contributed by atoms with Crippen LogP contribution in [0.3, 0.4) is 0 Å². The maximum absolute atomic E-state index is 12.5. The Kier molecular flexibility index (Phi) is 68.8. The molecule has 10 nitrogen and oxygen atoms in total. The van der Waals surface area contributed by atoms with Crippen LogP contribution in [-0.4, -0.2) is 29.8 Å². The van der Waals surface area contributed by atoms with Gasteiger partial charge in [-0.2, -0.15) is 0 Å². The first-order valence-corrected chi connectivity index (χ1v) is 63.0. The second kappa shape index (κ2) is 77.3. The lowest BCUT2D eigenvalue weighted by molar-refractivity contribution is -0.141. The van der Waals surface area contributed by atoms with Crippen LogP contribution in [0.1, 0.15) is 484 Å². The number of esters is 5. The first-order chi connectivity index (χ1) is 70.8. The number of halogens is 5. The average Bonchev–Trinajstić information content (AvgIpc) is 0.852. The van der Waals surface area contributed by atoms with Gasteiger partial charge in [0, 0.05) is 24.5 Å². The van der Waals surface area contributed by atoms with Crippen LogP contribution < -0.4 is 23.7 Å². The standard InChI is InChI=1S/5C26H40O2S.5FH/c5*1-2-3-4-5-6-7-20-8-10-21(11-9-20)22-12-14-23(15-13-22)26(27)28-24-16-18-25(29)19-17-24;;;;;/h5*16-23,29H,2-15H2,1H3;5*1H. The molecule has 10 aliphatic carbocycles. The monoisotopic (exact) mass is 2180 g/mol. The van der Waals surface area contributed by atoms with E-state index in [9.17, 15) is 24.0 Å². The van der Waals surface area contributed by atoms with Crippen molar-refractivity contribution in [2.45, 2.75) is 509 Å². The first kappa shape index (κ1) is 133. The molecule has 0 spiro atoms. The van der Waals surface area contributed by atoms with Gasteiger partial charge < -0.3 is 23.7 Å². The summed E-state index contributed by atoms with van der Waals surface area (Å²) in [5, 5.41) is 0. The fraction of sp³-hybridized carbons (Fsp3) is 0.731. The van der Waals surface area contributed by atoms with E-state index < -0.39 is 0 Å². The van der Waals surface area contributed by atoms with E-state index in [0.717, 1.165) is 177 Å². The summed E-state index contributed by atoms with van der Waals surface area (Å²) in [5.74, 6) is 17.1. The molecule has 5 aromatic rings. The number of benzene rings is 5. The van der Waals surface area contributed by atoms with Crippen LogP contribution in [0, 0.1) is 118 Å². The summed E-state index contributed by atoms with van der Waals surface area (Å²) < 4.78 is 28.0. The molecule has 0 radical (unpaired) electrons. The predicted molar refractivity (Wildman–Crippen MR) is 631 cm³/mol. The second-order valence-electron chi connectivity index (χ2n) is 47.6. The average molecular weight is 2180 g/mol. The van der Waals surface area contributed by atoms with Crippen molar-refractivity contribution in [1.82, 2.24) is 0 Å². The number of carbonyl (C=O) groups is 5. The topological polar surface area (TPSA) is 132 Å². The molecule has 10 aliphatic rings. The van der Waals surface area contributed by atoms with Crippen molar-refractivity contribution in [1.29, 1.82) is 0 Å². The largest absolute Gasteiger partial charge is 0.426 e. The second-order valence-corrected chi connectivity index (χ2v) is 50.1. The van der Waals surface area contributed by atoms with Crippen molar-refractivity contribution in [3.05, 3.63) is 121 Å². The van der Waals surface area contributed by atoms with E-state index in [-0.39, 0.29) is 83.0 Å². The van der Waals surface area contributed by atoms with Crippen LogP contribution in [0.2, 0.25) is 0 Å². The van der Waals surface area contributed by atoms with E-state index in [2.05, 4.69) is 97.8 Å². The van der Waals surface area contributed by atoms with E-state index in [4.69, 9.17) is 23.7 Å². The van der Waals surface area contributed by atoms with Gasteiger partial charge >= 0.3 is 29.8 Å². The molecular formula is C130H205F5O10S5. The minimum Gasteiger partial charge on any atom is -0.426 e. The molecular weight excluding hydrogens is 1980 g/mol. The van der Waals surface area contributed by atoms with E-state index in [1.807, 2.05) is 121 Å². The molecule has 0 bridgehead atoms. The number of hydrogen-bond donors (Lipinski definition) is 5. The van der Waals surface area contributed by atoms with Gasteiger partial charge in [-0.1, -0.05) is 291 Å². The molecule has 5 aromatic carbocycles. The molecule has 0 aliphatic heterocycles. The first-order valence-electron chi connectivity index (χ1n) is 60.8. The van der Waals surface area contributed by atoms with Crippen LogP contribution in [-0.2, 0) is 24.0 Å². The van der Waals surface area contributed by atoms with Gasteiger partial charge in [-0.05, 0) is 403 Å². The Morgan fingerprint density at radius 2 is 0.287 bits per heavy atom. The lowest BCUT2D eigenvalue weighted by Crippen LogP contribution is -2.30. The maximum atomic E-state index is 12.5. The molecule has 0 unspecified atom stereocenters. The lowest BCUT2D eigenvalue weighted by atomic mass is 9.68. The van der Waals surface area contributed by atoms with Gasteiger partial charge in [0.25, 0.3) is 0 Å². The van der Waals surface area contributed by atoms with Crippen molar-refractivity contribution in [2.24, 2.45) is 118 Å². The van der Waals surface area contributed by atoms with Crippen molar-refractivity contribution >= 4 is 93.0 Å². The Hall–Kier alpha value is -5.15. The van der Waals surface area contributed by atoms with Crippen LogP contribution in [0.4, 0.5) is 23.5 Å². The van der Waals surface area contributed by atoms with E-state index in [1.165, 1.54) is 385 Å². The zero-order valence-electron chi connectivity index (χ0n) is 93.5. The third kappa shape index (κ3) is 50.0. The van der Waals surface area contributed by atoms with Crippen LogP contribution in [0.15, 0.2) is 146 Å². The van der Waals surface area contributed by atoms with Crippen molar-refractivity contribution < 1.29 is 71.2 Å². The highest BCUT2D eigenvalue weighted by atomic mass is 32.1. The minimum atomic E-state index is -0.0397. The summed E-state index contributed by atoms with van der Waals surface area (Å²) in [7, 11) is 0. The predicted octanol–water partition coefficient (Wildman–Crippen LogP) is 40.0. The van der Waals surface area contributed by atoms with Gasteiger partial charge in [-0.25, -0.2) is 0 Å². The zero-order valence-corrected chi connectivity index (χ0v) is 97.9. The van der Waals surface area contributed by atoms with Gasteiger partial charge in [0.05, 0.1) is 29.6 Å². The molecule has 150 heavy (non-hydrogen) atoms. The Bertz CT molecular complexity index is 3650. The molecule has 10 fully saturated rings. The molecule has 20 heteroatoms. The van der Waals surface area contributed by atoms with E-state index >= 15 is 0 Å². The number of rotatable bonds is 45. The summed E-state index contributed by atoms with van der Waals surface area (Å²) >= 11 is 21.4. The number of carbonyl (C=O) groups excluding carboxylic acids is 5. The third-order valence-electron chi connectivity index (χ3n) is 37.2. The fourth-order valence-corrected chi connectivity index (χ4v) is 28.4. The van der Waals surface area contributed by atoms with Crippen molar-refractivity contribution in [3.8, 4) is 28.7 Å². The lowest BCUT2D eigenvalue weighted by Gasteiger charge is -2.37. The van der Waals surface area contributed by atoms with Gasteiger partial charge in [0.2, 0.25) is 0 Å². The number of hydrogen-bond acceptors (Lipinski definition) is 15. The number of unbranched alkanes of at least 4 members (excludes halogenated alkanes) is 20. The molecule has 0 amide bonds. The Morgan fingerprint density at radius 1 is 0.173 bits per heavy atom. The molecule has 0 aromatic heterocycles. The van der Waals surface area contributed by atoms with E-state index in [0.29, 0.717) is 28.7 Å². The van der Waals surface area contributed by atoms with Gasteiger partial charge in [-0.3, -0.25) is 47.5 Å². The quantitative estimate of drug-likeness (QED) is 0.00844. The number of ether oxygens (including phenoxy) is 5. The summed E-state index contributed by atoms with van der Waals surface area (Å²) in [6, 6.07) is 36.9. The summed E-state index contributed by atoms with van der Waals surface area (Å²) in [6.45, 7) is 11.5. The highest BCUT2D eigenvalue weighted by molar-refractivity contribution is 7.81. The molecule has 0 heterocycles. The van der Waals surface area contributed by atoms with Crippen LogP contribution >= 0.6 is 63.1 Å². The fourth-order valence-electron chi connectivity index (χ4n) is 27.6. The Balaban J connectivity index is 0.000000284. The minimum absolute atomic E-state index is 0. The smallest absolute Gasteiger partial charge is 0.314 e. The zero-order chi connectivity index (χ0) is 102. The third-order valence-corrected chi connectivity index (χ3v) is 38.7. The van der Waals surface area contributed by atoms with Crippen molar-refractivity contribution in [3.63, 3.8) is 0 Å². The summed E-state index contributed by atoms with van der Waals surface area (Å²) in [6.07, 6.45) is 93.5. The Labute approximate surface area is 934 Å². The van der Waals surface area contributed by atoms with Crippen LogP contribution in [0.25, 0.3) is 0 Å². The molecule has 10 saturated carbocycles. The molecule has 0 atom stereocenters. The van der Waals surface area contributed by atoms with E-state index in [1.54, 1.807) is 0 Å². The highest BCUT2D eigenvalue weighted by Crippen LogP contribution is 2.50. The molecule has 0 saturated heterocycles. The molecule has 15 rings (SSSR count). The number of thiol groups is 5. The molecule has 850 valence electrons. The molecule has 0 N–H and O–H groups in total. The Morgan fingerprint density at radius 3 is 0.407 bits per heavy atom. The van der Waals surface area contributed by atoms with Crippen LogP contribution in [0.5, 0.6) is 28.7 Å². The van der Waals surface area contributed by atoms with Crippen molar-refractivity contribution in [2.75, 3.05) is 0 Å². The van der Waals surface area contributed by atoms with Gasteiger partial charge in [0.15, 0.2) is 0 Å².